The summed E-state index contributed by atoms with van der Waals surface area (Å²) >= 11 is -6.91. The van der Waals surface area contributed by atoms with E-state index >= 15 is 0 Å². The molecule has 4 heterocycles. The van der Waals surface area contributed by atoms with Gasteiger partial charge in [-0.1, -0.05) is 91.0 Å². The number of benzene rings is 23. The summed E-state index contributed by atoms with van der Waals surface area (Å²) in [5.74, 6) is -0.524. The quantitative estimate of drug-likeness (QED) is 0.0674. The van der Waals surface area contributed by atoms with Crippen LogP contribution in [-0.4, -0.2) is 44.8 Å². The molecule has 0 N–H and O–H groups in total. The molecule has 0 spiro atoms. The van der Waals surface area contributed by atoms with E-state index < -0.39 is 26.5 Å². The van der Waals surface area contributed by atoms with Crippen molar-refractivity contribution in [1.82, 2.24) is 18.3 Å². The van der Waals surface area contributed by atoms with Crippen molar-refractivity contribution in [2.24, 2.45) is 0 Å². The number of anilines is 6. The molecule has 27 aromatic rings. The minimum absolute atomic E-state index is 0.255. The molecule has 708 valence electrons. The summed E-state index contributed by atoms with van der Waals surface area (Å²) in [5.41, 5.74) is 26.2. The van der Waals surface area contributed by atoms with Gasteiger partial charge in [0.05, 0.1) is 33.7 Å². The molecular weight excluding hydrogens is 1950 g/mol. The van der Waals surface area contributed by atoms with Gasteiger partial charge in [0.1, 0.15) is 11.6 Å². The summed E-state index contributed by atoms with van der Waals surface area (Å²) in [6.07, 6.45) is 0. The molecule has 0 unspecified atom stereocenters. The average molecular weight is 2050 g/mol. The normalized spacial score (nSPS) is 11.7. The van der Waals surface area contributed by atoms with Gasteiger partial charge < -0.3 is 9.13 Å². The Bertz CT molecular complexity index is 9530. The Balaban J connectivity index is 0.000000151. The van der Waals surface area contributed by atoms with Crippen LogP contribution in [0, 0.1) is 23.0 Å². The number of nitriles is 1. The zero-order valence-electron chi connectivity index (χ0n) is 81.7. The summed E-state index contributed by atoms with van der Waals surface area (Å²) in [4.78, 5) is 4.66. The Morgan fingerprint density at radius 2 is 0.373 bits per heavy atom. The maximum atomic E-state index is 14.3. The molecule has 0 aliphatic heterocycles. The number of rotatable bonds is 21. The molecule has 7 nitrogen and oxygen atoms in total. The van der Waals surface area contributed by atoms with Gasteiger partial charge in [0.25, 0.3) is 0 Å². The van der Waals surface area contributed by atoms with Gasteiger partial charge in [-0.05, 0) is 145 Å². The molecular formula is C139H95F2Ge2N7. The van der Waals surface area contributed by atoms with Crippen molar-refractivity contribution in [2.75, 3.05) is 9.80 Å². The van der Waals surface area contributed by atoms with E-state index in [1.807, 2.05) is 54.6 Å². The number of aromatic nitrogens is 4. The number of nitrogens with zero attached hydrogens (tertiary/aromatic N) is 7. The number of hydrogen-bond donors (Lipinski definition) is 0. The van der Waals surface area contributed by atoms with Crippen LogP contribution < -0.4 is 45.0 Å². The first-order valence-corrected chi connectivity index (χ1v) is 59.2. The van der Waals surface area contributed by atoms with Crippen LogP contribution in [0.25, 0.3) is 143 Å². The van der Waals surface area contributed by atoms with E-state index in [9.17, 15) is 14.0 Å². The first-order valence-electron chi connectivity index (χ1n) is 50.8. The first-order chi connectivity index (χ1) is 74.2. The average Bonchev–Trinajstić information content (AvgIpc) is 1.44. The largest absolute Gasteiger partial charge is 0.0423 e. The molecule has 0 atom stereocenters. The number of fused-ring (bicyclic) bond motifs is 12. The van der Waals surface area contributed by atoms with Crippen LogP contribution >= 0.6 is 0 Å². The summed E-state index contributed by atoms with van der Waals surface area (Å²) in [5, 5.41) is 18.9. The molecule has 150 heavy (non-hydrogen) atoms. The van der Waals surface area contributed by atoms with Crippen LogP contribution in [0.1, 0.15) is 5.56 Å². The van der Waals surface area contributed by atoms with Crippen molar-refractivity contribution in [2.45, 2.75) is 0 Å². The van der Waals surface area contributed by atoms with Crippen LogP contribution in [0.5, 0.6) is 0 Å². The van der Waals surface area contributed by atoms with Gasteiger partial charge in [-0.15, -0.1) is 0 Å². The molecule has 0 amide bonds. The molecule has 0 aliphatic rings. The standard InChI is InChI=1S/C72H50FGeN3.C67H45FGeN4/c73-55-35-41-62(42-36-55)77-69-29-17-16-28-65(69)67-49-63(43-46-71(67)77)75(61-39-32-52(33-40-61)51-18-6-1-7-19-51)64-44-47-72-68(50-64)66-48-54(34-45-70(66)76(72)60-26-14-5-15-27-60)53-30-37-59(38-31-53)74(56-20-8-2-9-21-56,57-22-10-3-11-23-57)58-24-12-4-13-25-58;68-50-30-36-57(37-31-50)73-64-24-14-13-23-60(64)62-44-58(38-41-66(62)73)71(56-34-25-47(46-70)26-35-56)59-39-42-67-63(45-59)61-43-49(29-40-65(61)72(67)55-21-11-4-12-22-55)48-27-32-54(33-28-48)69(51-15-5-1-6-16-51,52-17-7-2-8-18-52)53-19-9-3-10-20-53/h1-50H;1-45H. The van der Waals surface area contributed by atoms with E-state index in [4.69, 9.17) is 0 Å². The second kappa shape index (κ2) is 39.0. The Labute approximate surface area is 873 Å². The third-order valence-corrected chi connectivity index (χ3v) is 50.2. The number of hydrogen-bond acceptors (Lipinski definition) is 3. The Hall–Kier alpha value is -18.7. The van der Waals surface area contributed by atoms with Crippen molar-refractivity contribution in [3.05, 3.63) is 594 Å². The molecule has 27 rings (SSSR count). The van der Waals surface area contributed by atoms with Gasteiger partial charge in [-0.3, -0.25) is 0 Å². The van der Waals surface area contributed by atoms with Crippen LogP contribution in [0.4, 0.5) is 42.9 Å². The third kappa shape index (κ3) is 16.1. The predicted molar refractivity (Wildman–Crippen MR) is 628 cm³/mol. The predicted octanol–water partition coefficient (Wildman–Crippen LogP) is 30.6. The summed E-state index contributed by atoms with van der Waals surface area (Å²) < 4.78 is 48.9. The second-order valence-corrected chi connectivity index (χ2v) is 54.3. The van der Waals surface area contributed by atoms with Crippen LogP contribution in [0.3, 0.4) is 0 Å². The van der Waals surface area contributed by atoms with Crippen molar-refractivity contribution in [3.63, 3.8) is 0 Å². The minimum atomic E-state index is -3.46. The molecule has 23 aromatic carbocycles. The maximum absolute atomic E-state index is 14.3. The van der Waals surface area contributed by atoms with E-state index in [1.165, 1.54) is 75.9 Å². The molecule has 0 saturated heterocycles. The minimum Gasteiger partial charge on any atom is -0.0423 e. The Morgan fingerprint density at radius 3 is 0.680 bits per heavy atom. The van der Waals surface area contributed by atoms with Crippen molar-refractivity contribution < 1.29 is 8.78 Å². The van der Waals surface area contributed by atoms with Gasteiger partial charge in [0.15, 0.2) is 0 Å². The van der Waals surface area contributed by atoms with Gasteiger partial charge in [0, 0.05) is 32.9 Å². The smallest absolute Gasteiger partial charge is 0.0367 e. The van der Waals surface area contributed by atoms with Crippen LogP contribution in [0.2, 0.25) is 0 Å². The fourth-order valence-corrected chi connectivity index (χ4v) is 43.2. The number of para-hydroxylation sites is 4. The Kier molecular flexibility index (Phi) is 23.7. The van der Waals surface area contributed by atoms with Gasteiger partial charge >= 0.3 is 544 Å². The van der Waals surface area contributed by atoms with Gasteiger partial charge in [-0.25, -0.2) is 8.78 Å². The molecule has 0 saturated carbocycles. The van der Waals surface area contributed by atoms with E-state index in [1.54, 1.807) is 0 Å². The third-order valence-electron chi connectivity index (χ3n) is 30.1. The van der Waals surface area contributed by atoms with Crippen LogP contribution in [0.15, 0.2) is 576 Å². The first kappa shape index (κ1) is 91.2. The fraction of sp³-hybridized carbons (Fsp3) is 0. The SMILES string of the molecule is Fc1ccc(-n2c3ccccc3c3cc(N(c4ccc(-c5ccccc5)cc4)c4ccc5c(c4)c4cc(-c6cc[c]([Ge]([c]7ccccc7)([c]7ccccc7)[c]7ccccc7)cc6)ccc4n5-c4ccccc4)ccc32)cc1.N#Cc1ccc(N(c2ccc3c(c2)c2ccccc2n3-c2ccc(F)cc2)c2ccc3c(c2)c2cc(-c4cc[c]([Ge]([c]5ccccc5)([c]5ccccc5)[c]5ccccc5)cc4)ccc2n3-c2ccccc2)cc1. The second-order valence-electron chi connectivity index (χ2n) is 38.4. The van der Waals surface area contributed by atoms with E-state index in [0.29, 0.717) is 5.56 Å². The molecule has 11 heteroatoms. The summed E-state index contributed by atoms with van der Waals surface area (Å²) in [6, 6.07) is 208. The molecule has 0 aliphatic carbocycles. The topological polar surface area (TPSA) is 50.0 Å². The van der Waals surface area contributed by atoms with Crippen LogP contribution in [-0.2, 0) is 0 Å². The van der Waals surface area contributed by atoms with Crippen molar-refractivity contribution in [3.8, 4) is 62.2 Å². The summed E-state index contributed by atoms with van der Waals surface area (Å²) in [6.45, 7) is 0. The van der Waals surface area contributed by atoms with E-state index in [2.05, 4.69) is 532 Å². The van der Waals surface area contributed by atoms with Crippen molar-refractivity contribution >= 4 is 183 Å². The van der Waals surface area contributed by atoms with Crippen molar-refractivity contribution in [1.29, 1.82) is 5.26 Å². The summed E-state index contributed by atoms with van der Waals surface area (Å²) in [7, 11) is 0. The zero-order chi connectivity index (χ0) is 100. The molecule has 0 bridgehead atoms. The maximum Gasteiger partial charge on any atom is -0.0367 e. The molecule has 4 aromatic heterocycles. The monoisotopic (exact) mass is 2050 g/mol. The molecule has 0 fully saturated rings. The number of halogens is 2. The Morgan fingerprint density at radius 1 is 0.167 bits per heavy atom. The molecule has 0 radical (unpaired) electrons. The fourth-order valence-electron chi connectivity index (χ4n) is 23.3. The van der Waals surface area contributed by atoms with Gasteiger partial charge in [0.2, 0.25) is 0 Å². The van der Waals surface area contributed by atoms with E-state index in [-0.39, 0.29) is 11.6 Å². The zero-order valence-corrected chi connectivity index (χ0v) is 85.9. The van der Waals surface area contributed by atoms with E-state index in [0.717, 1.165) is 161 Å². The van der Waals surface area contributed by atoms with Gasteiger partial charge in [-0.2, -0.15) is 5.26 Å².